The fourth-order valence-corrected chi connectivity index (χ4v) is 2.26. The SMILES string of the molecule is CC(C)(C)c1ccc(Oc2ccc(C(C)(C)C)cc2O)c(O)c1. The Labute approximate surface area is 138 Å². The summed E-state index contributed by atoms with van der Waals surface area (Å²) in [5.41, 5.74) is 1.95. The first kappa shape index (κ1) is 17.2. The highest BCUT2D eigenvalue weighted by molar-refractivity contribution is 5.50. The Kier molecular flexibility index (Phi) is 4.34. The van der Waals surface area contributed by atoms with Crippen LogP contribution in [0.25, 0.3) is 0 Å². The van der Waals surface area contributed by atoms with Gasteiger partial charge in [0.25, 0.3) is 0 Å². The molecule has 0 spiro atoms. The number of ether oxygens (including phenoxy) is 1. The second-order valence-electron chi connectivity index (χ2n) is 7.97. The summed E-state index contributed by atoms with van der Waals surface area (Å²) in [4.78, 5) is 0. The average Bonchev–Trinajstić information content (AvgIpc) is 2.40. The van der Waals surface area contributed by atoms with Crippen LogP contribution in [0.4, 0.5) is 0 Å². The van der Waals surface area contributed by atoms with E-state index in [-0.39, 0.29) is 22.3 Å². The van der Waals surface area contributed by atoms with E-state index in [1.807, 2.05) is 12.1 Å². The first-order valence-electron chi connectivity index (χ1n) is 7.83. The number of benzene rings is 2. The van der Waals surface area contributed by atoms with Crippen LogP contribution in [0, 0.1) is 0 Å². The van der Waals surface area contributed by atoms with E-state index in [9.17, 15) is 10.2 Å². The van der Waals surface area contributed by atoms with E-state index in [2.05, 4.69) is 41.5 Å². The molecule has 0 radical (unpaired) electrons. The Morgan fingerprint density at radius 1 is 0.652 bits per heavy atom. The van der Waals surface area contributed by atoms with Gasteiger partial charge in [0, 0.05) is 0 Å². The molecule has 0 unspecified atom stereocenters. The molecule has 0 bridgehead atoms. The fourth-order valence-electron chi connectivity index (χ4n) is 2.26. The molecule has 124 valence electrons. The Balaban J connectivity index is 2.30. The molecule has 0 aliphatic carbocycles. The lowest BCUT2D eigenvalue weighted by Gasteiger charge is -2.21. The Morgan fingerprint density at radius 3 is 1.26 bits per heavy atom. The molecule has 23 heavy (non-hydrogen) atoms. The number of phenolic OH excluding ortho intramolecular Hbond substituents is 2. The third kappa shape index (κ3) is 3.98. The van der Waals surface area contributed by atoms with Crippen LogP contribution in [0.5, 0.6) is 23.0 Å². The number of phenols is 2. The third-order valence-corrected chi connectivity index (χ3v) is 3.87. The van der Waals surface area contributed by atoms with E-state index in [1.54, 1.807) is 24.3 Å². The van der Waals surface area contributed by atoms with Crippen molar-refractivity contribution in [2.45, 2.75) is 52.4 Å². The molecule has 2 aromatic rings. The van der Waals surface area contributed by atoms with E-state index in [0.29, 0.717) is 11.5 Å². The molecule has 0 aliphatic heterocycles. The zero-order valence-corrected chi connectivity index (χ0v) is 14.8. The second kappa shape index (κ2) is 5.80. The smallest absolute Gasteiger partial charge is 0.169 e. The van der Waals surface area contributed by atoms with Gasteiger partial charge in [0.2, 0.25) is 0 Å². The maximum atomic E-state index is 10.2. The van der Waals surface area contributed by atoms with Gasteiger partial charge < -0.3 is 14.9 Å². The maximum absolute atomic E-state index is 10.2. The molecule has 0 aromatic heterocycles. The number of hydrogen-bond donors (Lipinski definition) is 2. The van der Waals surface area contributed by atoms with Crippen molar-refractivity contribution in [2.24, 2.45) is 0 Å². The zero-order chi connectivity index (χ0) is 17.4. The zero-order valence-electron chi connectivity index (χ0n) is 14.8. The molecule has 3 nitrogen and oxygen atoms in total. The van der Waals surface area contributed by atoms with E-state index < -0.39 is 0 Å². The summed E-state index contributed by atoms with van der Waals surface area (Å²) in [5.74, 6) is 0.794. The average molecular weight is 314 g/mol. The van der Waals surface area contributed by atoms with Gasteiger partial charge in [-0.25, -0.2) is 0 Å². The van der Waals surface area contributed by atoms with Crippen molar-refractivity contribution in [3.63, 3.8) is 0 Å². The minimum absolute atomic E-state index is 0.0491. The summed E-state index contributed by atoms with van der Waals surface area (Å²) in [6, 6.07) is 10.7. The highest BCUT2D eigenvalue weighted by Gasteiger charge is 2.18. The van der Waals surface area contributed by atoms with E-state index in [4.69, 9.17) is 4.74 Å². The molecule has 0 heterocycles. The molecule has 0 saturated carbocycles. The van der Waals surface area contributed by atoms with Gasteiger partial charge in [-0.15, -0.1) is 0 Å². The van der Waals surface area contributed by atoms with Crippen molar-refractivity contribution in [3.05, 3.63) is 47.5 Å². The van der Waals surface area contributed by atoms with E-state index in [0.717, 1.165) is 11.1 Å². The molecule has 0 atom stereocenters. The molecule has 3 heteroatoms. The van der Waals surface area contributed by atoms with Gasteiger partial charge >= 0.3 is 0 Å². The van der Waals surface area contributed by atoms with Crippen LogP contribution < -0.4 is 4.74 Å². The minimum atomic E-state index is -0.0491. The first-order chi connectivity index (χ1) is 10.5. The van der Waals surface area contributed by atoms with Crippen molar-refractivity contribution in [3.8, 4) is 23.0 Å². The molecule has 0 fully saturated rings. The summed E-state index contributed by atoms with van der Waals surface area (Å²) in [6.07, 6.45) is 0. The largest absolute Gasteiger partial charge is 0.504 e. The van der Waals surface area contributed by atoms with Gasteiger partial charge in [0.1, 0.15) is 0 Å². The standard InChI is InChI=1S/C20H26O3/c1-19(2,3)13-7-9-17(15(21)11-13)23-18-10-8-14(12-16(18)22)20(4,5)6/h7-12,21-22H,1-6H3. The topological polar surface area (TPSA) is 49.7 Å². The maximum Gasteiger partial charge on any atom is 0.169 e. The van der Waals surface area contributed by atoms with Crippen molar-refractivity contribution in [1.29, 1.82) is 0 Å². The van der Waals surface area contributed by atoms with Gasteiger partial charge in [-0.1, -0.05) is 53.7 Å². The quantitative estimate of drug-likeness (QED) is 0.771. The fraction of sp³-hybridized carbons (Fsp3) is 0.400. The van der Waals surface area contributed by atoms with Gasteiger partial charge in [-0.3, -0.25) is 0 Å². The van der Waals surface area contributed by atoms with Crippen LogP contribution in [0.15, 0.2) is 36.4 Å². The predicted molar refractivity (Wildman–Crippen MR) is 93.7 cm³/mol. The van der Waals surface area contributed by atoms with Crippen molar-refractivity contribution in [2.75, 3.05) is 0 Å². The predicted octanol–water partition coefficient (Wildman–Crippen LogP) is 5.49. The van der Waals surface area contributed by atoms with Crippen LogP contribution >= 0.6 is 0 Å². The Morgan fingerprint density at radius 2 is 1.00 bits per heavy atom. The summed E-state index contributed by atoms with van der Waals surface area (Å²) >= 11 is 0. The number of aromatic hydroxyl groups is 2. The van der Waals surface area contributed by atoms with Crippen molar-refractivity contribution in [1.82, 2.24) is 0 Å². The lowest BCUT2D eigenvalue weighted by Crippen LogP contribution is -2.11. The minimum Gasteiger partial charge on any atom is -0.504 e. The Hall–Kier alpha value is -2.16. The van der Waals surface area contributed by atoms with Crippen LogP contribution in [0.2, 0.25) is 0 Å². The van der Waals surface area contributed by atoms with Crippen LogP contribution in [0.1, 0.15) is 52.7 Å². The van der Waals surface area contributed by atoms with Crippen LogP contribution in [-0.2, 0) is 10.8 Å². The van der Waals surface area contributed by atoms with Crippen molar-refractivity contribution < 1.29 is 14.9 Å². The molecule has 2 N–H and O–H groups in total. The highest BCUT2D eigenvalue weighted by atomic mass is 16.5. The summed E-state index contributed by atoms with van der Waals surface area (Å²) in [5, 5.41) is 20.4. The normalized spacial score (nSPS) is 12.3. The van der Waals surface area contributed by atoms with Crippen LogP contribution in [0.3, 0.4) is 0 Å². The highest BCUT2D eigenvalue weighted by Crippen LogP contribution is 2.39. The molecule has 2 rings (SSSR count). The van der Waals surface area contributed by atoms with Gasteiger partial charge in [0.15, 0.2) is 23.0 Å². The van der Waals surface area contributed by atoms with Crippen LogP contribution in [-0.4, -0.2) is 10.2 Å². The molecule has 2 aromatic carbocycles. The number of hydrogen-bond acceptors (Lipinski definition) is 3. The van der Waals surface area contributed by atoms with Gasteiger partial charge in [0.05, 0.1) is 0 Å². The van der Waals surface area contributed by atoms with Gasteiger partial charge in [-0.2, -0.15) is 0 Å². The summed E-state index contributed by atoms with van der Waals surface area (Å²) in [6.45, 7) is 12.5. The van der Waals surface area contributed by atoms with E-state index in [1.165, 1.54) is 0 Å². The molecule has 0 aliphatic rings. The summed E-state index contributed by atoms with van der Waals surface area (Å²) < 4.78 is 5.68. The monoisotopic (exact) mass is 314 g/mol. The summed E-state index contributed by atoms with van der Waals surface area (Å²) in [7, 11) is 0. The van der Waals surface area contributed by atoms with Gasteiger partial charge in [-0.05, 0) is 46.2 Å². The van der Waals surface area contributed by atoms with Crippen molar-refractivity contribution >= 4 is 0 Å². The third-order valence-electron chi connectivity index (χ3n) is 3.87. The molecular formula is C20H26O3. The molecule has 0 saturated heterocycles. The second-order valence-corrected chi connectivity index (χ2v) is 7.97. The lowest BCUT2D eigenvalue weighted by molar-refractivity contribution is 0.383. The van der Waals surface area contributed by atoms with E-state index >= 15 is 0 Å². The Bertz CT molecular complexity index is 642. The molecule has 0 amide bonds. The lowest BCUT2D eigenvalue weighted by atomic mass is 9.87. The number of rotatable bonds is 2. The first-order valence-corrected chi connectivity index (χ1v) is 7.83. The molecular weight excluding hydrogens is 288 g/mol.